The van der Waals surface area contributed by atoms with Crippen LogP contribution in [0.2, 0.25) is 0 Å². The molecule has 1 spiro atoms. The first-order chi connectivity index (χ1) is 12.6. The van der Waals surface area contributed by atoms with Gasteiger partial charge in [-0.05, 0) is 83.3 Å². The predicted octanol–water partition coefficient (Wildman–Crippen LogP) is 5.09. The SMILES string of the molecule is CC1=CC(CN=C2Nc3c(Br)ccc(Br)c3NC23CCNCC3)CC=C1. The number of hydrogen-bond donors (Lipinski definition) is 3. The van der Waals surface area contributed by atoms with E-state index in [2.05, 4.69) is 85.1 Å². The number of hydrogen-bond acceptors (Lipinski definition) is 3. The van der Waals surface area contributed by atoms with E-state index in [1.807, 2.05) is 0 Å². The summed E-state index contributed by atoms with van der Waals surface area (Å²) in [5.41, 5.74) is 3.41. The highest BCUT2D eigenvalue weighted by atomic mass is 79.9. The highest BCUT2D eigenvalue weighted by Crippen LogP contribution is 2.44. The molecular formula is C20H24Br2N4. The molecule has 1 atom stereocenters. The summed E-state index contributed by atoms with van der Waals surface area (Å²) in [4.78, 5) is 5.09. The molecular weight excluding hydrogens is 456 g/mol. The average molecular weight is 480 g/mol. The molecule has 0 amide bonds. The number of rotatable bonds is 2. The number of amidine groups is 1. The van der Waals surface area contributed by atoms with Gasteiger partial charge in [-0.1, -0.05) is 23.8 Å². The molecule has 1 aliphatic carbocycles. The molecule has 1 saturated heterocycles. The Morgan fingerprint density at radius 2 is 1.88 bits per heavy atom. The third kappa shape index (κ3) is 3.51. The monoisotopic (exact) mass is 478 g/mol. The van der Waals surface area contributed by atoms with Crippen molar-refractivity contribution in [2.24, 2.45) is 10.9 Å². The van der Waals surface area contributed by atoms with E-state index in [1.165, 1.54) is 5.57 Å². The fraction of sp³-hybridized carbons (Fsp3) is 0.450. The van der Waals surface area contributed by atoms with E-state index in [1.54, 1.807) is 0 Å². The summed E-state index contributed by atoms with van der Waals surface area (Å²) in [6.45, 7) is 4.98. The molecule has 138 valence electrons. The van der Waals surface area contributed by atoms with Crippen LogP contribution in [0.1, 0.15) is 26.2 Å². The summed E-state index contributed by atoms with van der Waals surface area (Å²) in [5.74, 6) is 1.56. The Kier molecular flexibility index (Phi) is 5.26. The van der Waals surface area contributed by atoms with Crippen molar-refractivity contribution in [3.8, 4) is 0 Å². The first-order valence-electron chi connectivity index (χ1n) is 9.21. The zero-order valence-electron chi connectivity index (χ0n) is 14.9. The fourth-order valence-electron chi connectivity index (χ4n) is 4.00. The quantitative estimate of drug-likeness (QED) is 0.553. The Balaban J connectivity index is 1.67. The normalized spacial score (nSPS) is 25.4. The number of anilines is 2. The molecule has 0 saturated carbocycles. The second-order valence-corrected chi connectivity index (χ2v) is 9.07. The van der Waals surface area contributed by atoms with Crippen molar-refractivity contribution in [2.75, 3.05) is 30.3 Å². The van der Waals surface area contributed by atoms with Crippen LogP contribution in [-0.2, 0) is 0 Å². The first-order valence-corrected chi connectivity index (χ1v) is 10.8. The molecule has 26 heavy (non-hydrogen) atoms. The molecule has 4 nitrogen and oxygen atoms in total. The molecule has 2 aliphatic heterocycles. The van der Waals surface area contributed by atoms with Crippen molar-refractivity contribution in [1.82, 2.24) is 5.32 Å². The molecule has 2 heterocycles. The van der Waals surface area contributed by atoms with Gasteiger partial charge in [0.25, 0.3) is 0 Å². The van der Waals surface area contributed by atoms with Gasteiger partial charge in [-0.25, -0.2) is 0 Å². The van der Waals surface area contributed by atoms with Crippen molar-refractivity contribution in [3.05, 3.63) is 44.9 Å². The van der Waals surface area contributed by atoms with Gasteiger partial charge in [0.1, 0.15) is 5.84 Å². The number of halogens is 2. The Morgan fingerprint density at radius 3 is 2.62 bits per heavy atom. The van der Waals surface area contributed by atoms with Crippen molar-refractivity contribution >= 4 is 49.1 Å². The number of aliphatic imine (C=N–C) groups is 1. The second kappa shape index (κ2) is 7.49. The molecule has 1 unspecified atom stereocenters. The van der Waals surface area contributed by atoms with Crippen molar-refractivity contribution < 1.29 is 0 Å². The highest BCUT2D eigenvalue weighted by Gasteiger charge is 2.42. The molecule has 0 aromatic heterocycles. The summed E-state index contributed by atoms with van der Waals surface area (Å²) >= 11 is 7.38. The van der Waals surface area contributed by atoms with Gasteiger partial charge in [0.2, 0.25) is 0 Å². The van der Waals surface area contributed by atoms with Crippen LogP contribution in [0.25, 0.3) is 0 Å². The summed E-state index contributed by atoms with van der Waals surface area (Å²) in [7, 11) is 0. The van der Waals surface area contributed by atoms with E-state index in [0.717, 1.165) is 65.1 Å². The Labute approximate surface area is 171 Å². The van der Waals surface area contributed by atoms with Crippen LogP contribution in [0.3, 0.4) is 0 Å². The lowest BCUT2D eigenvalue weighted by molar-refractivity contribution is 0.418. The minimum atomic E-state index is -0.120. The number of allylic oxidation sites excluding steroid dienone is 3. The first kappa shape index (κ1) is 18.3. The molecule has 1 aromatic rings. The fourth-order valence-corrected chi connectivity index (χ4v) is 4.86. The van der Waals surface area contributed by atoms with Gasteiger partial charge in [0, 0.05) is 21.4 Å². The summed E-state index contributed by atoms with van der Waals surface area (Å²) in [6.07, 6.45) is 9.92. The van der Waals surface area contributed by atoms with Gasteiger partial charge >= 0.3 is 0 Å². The van der Waals surface area contributed by atoms with E-state index < -0.39 is 0 Å². The highest BCUT2D eigenvalue weighted by molar-refractivity contribution is 9.11. The largest absolute Gasteiger partial charge is 0.370 e. The molecule has 0 radical (unpaired) electrons. The predicted molar refractivity (Wildman–Crippen MR) is 117 cm³/mol. The number of fused-ring (bicyclic) bond motifs is 1. The maximum absolute atomic E-state index is 5.09. The minimum absolute atomic E-state index is 0.120. The van der Waals surface area contributed by atoms with Gasteiger partial charge in [-0.2, -0.15) is 0 Å². The zero-order chi connectivity index (χ0) is 18.1. The molecule has 6 heteroatoms. The molecule has 3 aliphatic rings. The number of piperidine rings is 1. The van der Waals surface area contributed by atoms with Crippen LogP contribution in [0.5, 0.6) is 0 Å². The molecule has 4 rings (SSSR count). The van der Waals surface area contributed by atoms with Gasteiger partial charge in [-0.3, -0.25) is 4.99 Å². The standard InChI is InChI=1S/C20H24Br2N4/c1-13-3-2-4-14(11-13)12-24-19-20(7-9-23-10-8-20)26-18-16(22)6-5-15(21)17(18)25-19/h2-3,5-6,11,14,23,26H,4,7-10,12H2,1H3,(H,24,25). The van der Waals surface area contributed by atoms with Crippen LogP contribution in [0.15, 0.2) is 49.9 Å². The van der Waals surface area contributed by atoms with Crippen LogP contribution < -0.4 is 16.0 Å². The van der Waals surface area contributed by atoms with Gasteiger partial charge in [0.05, 0.1) is 16.9 Å². The van der Waals surface area contributed by atoms with Crippen LogP contribution in [0, 0.1) is 5.92 Å². The number of nitrogens with zero attached hydrogens (tertiary/aromatic N) is 1. The van der Waals surface area contributed by atoms with E-state index in [4.69, 9.17) is 4.99 Å². The van der Waals surface area contributed by atoms with Crippen molar-refractivity contribution in [1.29, 1.82) is 0 Å². The summed E-state index contributed by atoms with van der Waals surface area (Å²) in [5, 5.41) is 11.0. The Hall–Kier alpha value is -1.11. The minimum Gasteiger partial charge on any atom is -0.370 e. The van der Waals surface area contributed by atoms with E-state index in [0.29, 0.717) is 5.92 Å². The van der Waals surface area contributed by atoms with E-state index >= 15 is 0 Å². The lowest BCUT2D eigenvalue weighted by Gasteiger charge is -2.44. The lowest BCUT2D eigenvalue weighted by Crippen LogP contribution is -2.58. The lowest BCUT2D eigenvalue weighted by atomic mass is 9.84. The molecule has 3 N–H and O–H groups in total. The van der Waals surface area contributed by atoms with E-state index in [-0.39, 0.29) is 5.54 Å². The molecule has 0 bridgehead atoms. The smallest absolute Gasteiger partial charge is 0.127 e. The second-order valence-electron chi connectivity index (χ2n) is 7.36. The van der Waals surface area contributed by atoms with Crippen molar-refractivity contribution in [2.45, 2.75) is 31.7 Å². The number of benzene rings is 1. The molecule has 1 fully saturated rings. The third-order valence-corrected chi connectivity index (χ3v) is 6.75. The van der Waals surface area contributed by atoms with Crippen LogP contribution in [0.4, 0.5) is 11.4 Å². The zero-order valence-corrected chi connectivity index (χ0v) is 18.1. The Morgan fingerprint density at radius 1 is 1.15 bits per heavy atom. The Bertz CT molecular complexity index is 791. The van der Waals surface area contributed by atoms with Crippen molar-refractivity contribution in [3.63, 3.8) is 0 Å². The topological polar surface area (TPSA) is 48.5 Å². The van der Waals surface area contributed by atoms with Gasteiger partial charge in [-0.15, -0.1) is 0 Å². The van der Waals surface area contributed by atoms with Crippen LogP contribution in [-0.4, -0.2) is 31.0 Å². The summed E-state index contributed by atoms with van der Waals surface area (Å²) < 4.78 is 2.13. The third-order valence-electron chi connectivity index (χ3n) is 5.42. The average Bonchev–Trinajstić information content (AvgIpc) is 2.64. The van der Waals surface area contributed by atoms with Crippen LogP contribution >= 0.6 is 31.9 Å². The maximum Gasteiger partial charge on any atom is 0.127 e. The number of nitrogens with one attached hydrogen (secondary N) is 3. The van der Waals surface area contributed by atoms with Gasteiger partial charge in [0.15, 0.2) is 0 Å². The van der Waals surface area contributed by atoms with E-state index in [9.17, 15) is 0 Å². The maximum atomic E-state index is 5.09. The summed E-state index contributed by atoms with van der Waals surface area (Å²) in [6, 6.07) is 4.14. The van der Waals surface area contributed by atoms with Gasteiger partial charge < -0.3 is 16.0 Å². The molecule has 1 aromatic carbocycles.